The first kappa shape index (κ1) is 20.2. The lowest BCUT2D eigenvalue weighted by molar-refractivity contribution is 0.168. The minimum Gasteiger partial charge on any atom is -0.491 e. The Morgan fingerprint density at radius 3 is 2.68 bits per heavy atom. The van der Waals surface area contributed by atoms with Crippen molar-refractivity contribution in [3.63, 3.8) is 0 Å². The van der Waals surface area contributed by atoms with Gasteiger partial charge in [-0.1, -0.05) is 12.1 Å². The van der Waals surface area contributed by atoms with Crippen molar-refractivity contribution in [2.75, 3.05) is 32.8 Å². The smallest absolute Gasteiger partial charge is 0.213 e. The Kier molecular flexibility index (Phi) is 7.68. The fourth-order valence-corrected chi connectivity index (χ4v) is 3.78. The Morgan fingerprint density at radius 1 is 1.32 bits per heavy atom. The van der Waals surface area contributed by atoms with E-state index in [2.05, 4.69) is 9.62 Å². The number of hydrogen-bond donors (Lipinski definition) is 2. The molecule has 0 saturated carbocycles. The molecule has 0 radical (unpaired) electrons. The van der Waals surface area contributed by atoms with Crippen LogP contribution in [-0.2, 0) is 16.6 Å². The van der Waals surface area contributed by atoms with Crippen molar-refractivity contribution in [2.24, 2.45) is 5.92 Å². The van der Waals surface area contributed by atoms with Gasteiger partial charge in [0.15, 0.2) is 0 Å². The zero-order chi connectivity index (χ0) is 18.3. The van der Waals surface area contributed by atoms with E-state index in [-0.39, 0.29) is 6.61 Å². The van der Waals surface area contributed by atoms with Crippen molar-refractivity contribution in [1.29, 1.82) is 0 Å². The van der Waals surface area contributed by atoms with E-state index in [1.54, 1.807) is 13.8 Å². The Balaban J connectivity index is 1.82. The van der Waals surface area contributed by atoms with Crippen molar-refractivity contribution in [3.8, 4) is 5.75 Å². The molecule has 142 valence electrons. The topological polar surface area (TPSA) is 78.9 Å². The molecule has 0 aliphatic carbocycles. The lowest BCUT2D eigenvalue weighted by Crippen LogP contribution is -2.42. The van der Waals surface area contributed by atoms with Crippen LogP contribution in [0.2, 0.25) is 0 Å². The maximum atomic E-state index is 11.9. The van der Waals surface area contributed by atoms with E-state index in [1.807, 2.05) is 24.3 Å². The zero-order valence-corrected chi connectivity index (χ0v) is 16.0. The molecule has 1 fully saturated rings. The molecule has 0 amide bonds. The summed E-state index contributed by atoms with van der Waals surface area (Å²) in [5.74, 6) is 1.12. The average Bonchev–Trinajstić information content (AvgIpc) is 2.60. The molecule has 1 heterocycles. The summed E-state index contributed by atoms with van der Waals surface area (Å²) >= 11 is 0. The highest BCUT2D eigenvalue weighted by Crippen LogP contribution is 2.20. The van der Waals surface area contributed by atoms with Crippen molar-refractivity contribution >= 4 is 10.0 Å². The largest absolute Gasteiger partial charge is 0.491 e. The monoisotopic (exact) mass is 370 g/mol. The van der Waals surface area contributed by atoms with Crippen LogP contribution in [0.25, 0.3) is 0 Å². The summed E-state index contributed by atoms with van der Waals surface area (Å²) < 4.78 is 31.9. The van der Waals surface area contributed by atoms with Gasteiger partial charge in [-0.2, -0.15) is 0 Å². The second-order valence-electron chi connectivity index (χ2n) is 6.90. The molecule has 0 spiro atoms. The van der Waals surface area contributed by atoms with Crippen LogP contribution in [-0.4, -0.2) is 56.5 Å². The SMILES string of the molecule is CC(C)S(=O)(=O)NC[C@@H]1CCCN(Cc2ccc(OCCO)cc2)C1. The number of ether oxygens (including phenoxy) is 1. The number of benzene rings is 1. The molecule has 2 N–H and O–H groups in total. The molecule has 0 bridgehead atoms. The van der Waals surface area contributed by atoms with E-state index >= 15 is 0 Å². The molecule has 7 heteroatoms. The quantitative estimate of drug-likeness (QED) is 0.690. The predicted molar refractivity (Wildman–Crippen MR) is 99.1 cm³/mol. The summed E-state index contributed by atoms with van der Waals surface area (Å²) in [7, 11) is -3.19. The molecular weight excluding hydrogens is 340 g/mol. The summed E-state index contributed by atoms with van der Waals surface area (Å²) in [6.07, 6.45) is 2.15. The van der Waals surface area contributed by atoms with E-state index in [4.69, 9.17) is 9.84 Å². The molecular formula is C18H30N2O4S. The molecule has 1 atom stereocenters. The van der Waals surface area contributed by atoms with Crippen LogP contribution in [0.5, 0.6) is 5.75 Å². The molecule has 1 aromatic carbocycles. The van der Waals surface area contributed by atoms with E-state index in [0.29, 0.717) is 19.1 Å². The highest BCUT2D eigenvalue weighted by atomic mass is 32.2. The number of sulfonamides is 1. The molecule has 0 unspecified atom stereocenters. The first-order valence-electron chi connectivity index (χ1n) is 8.94. The normalized spacial score (nSPS) is 19.3. The Morgan fingerprint density at radius 2 is 2.04 bits per heavy atom. The Bertz CT molecular complexity index is 616. The average molecular weight is 371 g/mol. The number of nitrogens with one attached hydrogen (secondary N) is 1. The molecule has 1 aliphatic rings. The summed E-state index contributed by atoms with van der Waals surface area (Å²) in [5, 5.41) is 8.38. The third-order valence-electron chi connectivity index (χ3n) is 4.49. The van der Waals surface area contributed by atoms with E-state index in [0.717, 1.165) is 38.2 Å². The number of rotatable bonds is 9. The number of aliphatic hydroxyl groups excluding tert-OH is 1. The van der Waals surface area contributed by atoms with Crippen LogP contribution in [0, 0.1) is 5.92 Å². The summed E-state index contributed by atoms with van der Waals surface area (Å²) in [4.78, 5) is 2.38. The van der Waals surface area contributed by atoms with E-state index in [1.165, 1.54) is 5.56 Å². The first-order valence-corrected chi connectivity index (χ1v) is 10.5. The molecule has 1 saturated heterocycles. The van der Waals surface area contributed by atoms with Crippen LogP contribution in [0.1, 0.15) is 32.3 Å². The number of nitrogens with zero attached hydrogens (tertiary/aromatic N) is 1. The Hall–Kier alpha value is -1.15. The van der Waals surface area contributed by atoms with Crippen molar-refractivity contribution in [3.05, 3.63) is 29.8 Å². The highest BCUT2D eigenvalue weighted by Gasteiger charge is 2.23. The van der Waals surface area contributed by atoms with Gasteiger partial charge in [-0.05, 0) is 56.8 Å². The fraction of sp³-hybridized carbons (Fsp3) is 0.667. The van der Waals surface area contributed by atoms with Gasteiger partial charge >= 0.3 is 0 Å². The maximum absolute atomic E-state index is 11.9. The van der Waals surface area contributed by atoms with Crippen molar-refractivity contribution in [2.45, 2.75) is 38.5 Å². The van der Waals surface area contributed by atoms with Gasteiger partial charge in [0.2, 0.25) is 10.0 Å². The number of piperidine rings is 1. The van der Waals surface area contributed by atoms with Crippen LogP contribution < -0.4 is 9.46 Å². The van der Waals surface area contributed by atoms with Gasteiger partial charge in [0, 0.05) is 19.6 Å². The van der Waals surface area contributed by atoms with E-state index < -0.39 is 15.3 Å². The maximum Gasteiger partial charge on any atom is 0.213 e. The second-order valence-corrected chi connectivity index (χ2v) is 9.22. The van der Waals surface area contributed by atoms with Gasteiger partial charge in [-0.3, -0.25) is 4.90 Å². The zero-order valence-electron chi connectivity index (χ0n) is 15.1. The number of likely N-dealkylation sites (tertiary alicyclic amines) is 1. The van der Waals surface area contributed by atoms with Crippen LogP contribution in [0.15, 0.2) is 24.3 Å². The van der Waals surface area contributed by atoms with Gasteiger partial charge in [0.05, 0.1) is 11.9 Å². The van der Waals surface area contributed by atoms with Crippen LogP contribution in [0.3, 0.4) is 0 Å². The first-order chi connectivity index (χ1) is 11.9. The fourth-order valence-electron chi connectivity index (χ4n) is 2.97. The second kappa shape index (κ2) is 9.52. The summed E-state index contributed by atoms with van der Waals surface area (Å²) in [5.41, 5.74) is 1.21. The van der Waals surface area contributed by atoms with Gasteiger partial charge in [0.25, 0.3) is 0 Å². The predicted octanol–water partition coefficient (Wildman–Crippen LogP) is 1.60. The molecule has 25 heavy (non-hydrogen) atoms. The minimum absolute atomic E-state index is 0.0114. The van der Waals surface area contributed by atoms with Gasteiger partial charge in [-0.25, -0.2) is 13.1 Å². The summed E-state index contributed by atoms with van der Waals surface area (Å²) in [6.45, 7) is 7.03. The third kappa shape index (κ3) is 6.58. The number of aliphatic hydroxyl groups is 1. The highest BCUT2D eigenvalue weighted by molar-refractivity contribution is 7.90. The lowest BCUT2D eigenvalue weighted by Gasteiger charge is -2.33. The van der Waals surface area contributed by atoms with Crippen molar-refractivity contribution < 1.29 is 18.3 Å². The van der Waals surface area contributed by atoms with Gasteiger partial charge < -0.3 is 9.84 Å². The summed E-state index contributed by atoms with van der Waals surface area (Å²) in [6, 6.07) is 7.92. The minimum atomic E-state index is -3.19. The lowest BCUT2D eigenvalue weighted by atomic mass is 9.98. The van der Waals surface area contributed by atoms with Crippen LogP contribution >= 0.6 is 0 Å². The van der Waals surface area contributed by atoms with Crippen LogP contribution in [0.4, 0.5) is 0 Å². The molecule has 1 aliphatic heterocycles. The molecule has 6 nitrogen and oxygen atoms in total. The van der Waals surface area contributed by atoms with Gasteiger partial charge in [0.1, 0.15) is 12.4 Å². The van der Waals surface area contributed by atoms with E-state index in [9.17, 15) is 8.42 Å². The number of hydrogen-bond acceptors (Lipinski definition) is 5. The Labute approximate surface area is 151 Å². The standard InChI is InChI=1S/C18H30N2O4S/c1-15(2)25(22,23)19-12-17-4-3-9-20(14-17)13-16-5-7-18(8-6-16)24-11-10-21/h5-8,15,17,19,21H,3-4,9-14H2,1-2H3/t17-/m0/s1. The van der Waals surface area contributed by atoms with Gasteiger partial charge in [-0.15, -0.1) is 0 Å². The molecule has 2 rings (SSSR count). The molecule has 1 aromatic rings. The third-order valence-corrected chi connectivity index (χ3v) is 6.30. The van der Waals surface area contributed by atoms with Crippen molar-refractivity contribution in [1.82, 2.24) is 9.62 Å². The molecule has 0 aromatic heterocycles.